The van der Waals surface area contributed by atoms with Crippen molar-refractivity contribution in [3.05, 3.63) is 0 Å². The Balaban J connectivity index is 3.67. The van der Waals surface area contributed by atoms with Crippen LogP contribution < -0.4 is 0 Å². The van der Waals surface area contributed by atoms with Crippen LogP contribution in [0.5, 0.6) is 0 Å². The molecule has 0 rings (SSSR count). The molecule has 0 saturated carbocycles. The van der Waals surface area contributed by atoms with E-state index in [0.717, 1.165) is 0 Å². The molecular weight excluding hydrogens is 236 g/mol. The predicted molar refractivity (Wildman–Crippen MR) is 51.9 cm³/mol. The van der Waals surface area contributed by atoms with Crippen molar-refractivity contribution in [2.45, 2.75) is 22.9 Å². The summed E-state index contributed by atoms with van der Waals surface area (Å²) in [6.45, 7) is -0.0540. The molecule has 0 aliphatic carbocycles. The van der Waals surface area contributed by atoms with Crippen LogP contribution in [-0.4, -0.2) is 23.8 Å². The van der Waals surface area contributed by atoms with Crippen LogP contribution in [0.3, 0.4) is 0 Å². The molecule has 0 aromatic heterocycles. The number of methoxy groups -OCH3 is 1. The minimum absolute atomic E-state index is 0.0540. The quantitative estimate of drug-likeness (QED) is 0.553. The summed E-state index contributed by atoms with van der Waals surface area (Å²) in [4.78, 5) is 0. The molecule has 0 fully saturated rings. The third-order valence-electron chi connectivity index (χ3n) is 1.19. The minimum atomic E-state index is -1.44. The molecule has 0 aromatic rings. The molecule has 0 spiro atoms. The average Bonchev–Trinajstić information content (AvgIpc) is 2.03. The second kappa shape index (κ2) is 6.69. The van der Waals surface area contributed by atoms with Gasteiger partial charge in [0.15, 0.2) is 6.29 Å². The van der Waals surface area contributed by atoms with Crippen molar-refractivity contribution >= 4 is 34.8 Å². The normalized spacial score (nSPS) is 13.8. The van der Waals surface area contributed by atoms with E-state index in [1.165, 1.54) is 7.11 Å². The van der Waals surface area contributed by atoms with E-state index in [1.54, 1.807) is 0 Å². The van der Waals surface area contributed by atoms with E-state index in [2.05, 4.69) is 0 Å². The second-order valence-electron chi connectivity index (χ2n) is 2.29. The van der Waals surface area contributed by atoms with E-state index in [1.807, 2.05) is 6.07 Å². The highest BCUT2D eigenvalue weighted by molar-refractivity contribution is 6.67. The molecule has 0 aromatic carbocycles. The highest BCUT2D eigenvalue weighted by atomic mass is 35.6. The molecule has 0 saturated heterocycles. The van der Waals surface area contributed by atoms with Crippen LogP contribution >= 0.6 is 34.8 Å². The van der Waals surface area contributed by atoms with Crippen LogP contribution in [0.4, 0.5) is 0 Å². The molecule has 1 atom stereocenters. The highest BCUT2D eigenvalue weighted by Crippen LogP contribution is 2.26. The van der Waals surface area contributed by atoms with Gasteiger partial charge in [-0.05, 0) is 0 Å². The summed E-state index contributed by atoms with van der Waals surface area (Å²) in [5.41, 5.74) is 0. The zero-order chi connectivity index (χ0) is 10.3. The fourth-order valence-corrected chi connectivity index (χ4v) is 0.828. The van der Waals surface area contributed by atoms with Crippen LogP contribution in [-0.2, 0) is 9.47 Å². The van der Waals surface area contributed by atoms with Gasteiger partial charge in [0, 0.05) is 20.0 Å². The number of hydrogen-bond acceptors (Lipinski definition) is 3. The van der Waals surface area contributed by atoms with Gasteiger partial charge in [-0.1, -0.05) is 34.8 Å². The van der Waals surface area contributed by atoms with Gasteiger partial charge in [-0.2, -0.15) is 5.26 Å². The largest absolute Gasteiger partial charge is 0.356 e. The molecule has 3 nitrogen and oxygen atoms in total. The lowest BCUT2D eigenvalue weighted by Crippen LogP contribution is -2.22. The Bertz CT molecular complexity index is 176. The van der Waals surface area contributed by atoms with Crippen LogP contribution in [0.25, 0.3) is 0 Å². The van der Waals surface area contributed by atoms with Crippen molar-refractivity contribution in [3.8, 4) is 6.07 Å². The van der Waals surface area contributed by atoms with E-state index in [0.29, 0.717) is 12.8 Å². The zero-order valence-corrected chi connectivity index (χ0v) is 9.36. The average molecular weight is 247 g/mol. The fourth-order valence-electron chi connectivity index (χ4n) is 0.639. The van der Waals surface area contributed by atoms with Gasteiger partial charge in [0.1, 0.15) is 0 Å². The van der Waals surface area contributed by atoms with Gasteiger partial charge in [0.25, 0.3) is 0 Å². The first-order chi connectivity index (χ1) is 5.99. The molecule has 13 heavy (non-hydrogen) atoms. The molecule has 76 valence electrons. The molecule has 0 aliphatic rings. The zero-order valence-electron chi connectivity index (χ0n) is 7.10. The van der Waals surface area contributed by atoms with Crippen molar-refractivity contribution in [2.24, 2.45) is 0 Å². The lowest BCUT2D eigenvalue weighted by molar-refractivity contribution is -0.125. The topological polar surface area (TPSA) is 42.2 Å². The van der Waals surface area contributed by atoms with Crippen molar-refractivity contribution in [1.82, 2.24) is 0 Å². The number of ether oxygens (including phenoxy) is 2. The summed E-state index contributed by atoms with van der Waals surface area (Å²) in [5, 5.41) is 8.30. The van der Waals surface area contributed by atoms with Gasteiger partial charge in [0.2, 0.25) is 3.79 Å². The molecule has 0 bridgehead atoms. The highest BCUT2D eigenvalue weighted by Gasteiger charge is 2.22. The number of rotatable bonds is 5. The molecule has 0 heterocycles. The Morgan fingerprint density at radius 1 is 1.46 bits per heavy atom. The molecular formula is C7H10Cl3NO2. The maximum atomic E-state index is 8.30. The van der Waals surface area contributed by atoms with Gasteiger partial charge < -0.3 is 9.47 Å². The third-order valence-corrected chi connectivity index (χ3v) is 1.51. The van der Waals surface area contributed by atoms with E-state index < -0.39 is 10.1 Å². The Morgan fingerprint density at radius 2 is 2.08 bits per heavy atom. The summed E-state index contributed by atoms with van der Waals surface area (Å²) >= 11 is 16.4. The van der Waals surface area contributed by atoms with E-state index in [4.69, 9.17) is 49.5 Å². The molecule has 0 radical (unpaired) electrons. The van der Waals surface area contributed by atoms with Gasteiger partial charge in [-0.15, -0.1) is 0 Å². The number of nitriles is 1. The maximum absolute atomic E-state index is 8.30. The summed E-state index contributed by atoms with van der Waals surface area (Å²) in [6, 6.07) is 1.97. The number of nitrogens with zero attached hydrogens (tertiary/aromatic N) is 1. The summed E-state index contributed by atoms with van der Waals surface area (Å²) in [7, 11) is 1.47. The summed E-state index contributed by atoms with van der Waals surface area (Å²) in [6.07, 6.45) is 0.321. The van der Waals surface area contributed by atoms with Crippen LogP contribution in [0.15, 0.2) is 0 Å². The lowest BCUT2D eigenvalue weighted by Gasteiger charge is -2.18. The number of alkyl halides is 3. The summed E-state index contributed by atoms with van der Waals surface area (Å²) in [5.74, 6) is 0. The van der Waals surface area contributed by atoms with Crippen molar-refractivity contribution < 1.29 is 9.47 Å². The molecule has 0 aliphatic heterocycles. The Kier molecular flexibility index (Phi) is 6.84. The number of halogens is 3. The minimum Gasteiger partial charge on any atom is -0.356 e. The maximum Gasteiger partial charge on any atom is 0.213 e. The second-order valence-corrected chi connectivity index (χ2v) is 4.80. The molecule has 0 N–H and O–H groups in total. The third kappa shape index (κ3) is 8.61. The predicted octanol–water partition coefficient (Wildman–Crippen LogP) is 2.65. The Morgan fingerprint density at radius 3 is 2.46 bits per heavy atom. The van der Waals surface area contributed by atoms with Crippen LogP contribution in [0.1, 0.15) is 12.8 Å². The fraction of sp³-hybridized carbons (Fsp3) is 0.857. The van der Waals surface area contributed by atoms with Gasteiger partial charge in [0.05, 0.1) is 12.7 Å². The van der Waals surface area contributed by atoms with E-state index in [-0.39, 0.29) is 6.61 Å². The SMILES string of the molecule is COC(CCC#N)OCC(Cl)(Cl)Cl. The van der Waals surface area contributed by atoms with Crippen molar-refractivity contribution in [2.75, 3.05) is 13.7 Å². The molecule has 1 unspecified atom stereocenters. The van der Waals surface area contributed by atoms with Gasteiger partial charge in [-0.3, -0.25) is 0 Å². The van der Waals surface area contributed by atoms with Crippen LogP contribution in [0, 0.1) is 11.3 Å². The van der Waals surface area contributed by atoms with Crippen molar-refractivity contribution in [1.29, 1.82) is 5.26 Å². The first-order valence-corrected chi connectivity index (χ1v) is 4.71. The van der Waals surface area contributed by atoms with Gasteiger partial charge in [-0.25, -0.2) is 0 Å². The standard InChI is InChI=1S/C7H10Cl3NO2/c1-12-6(3-2-4-11)13-5-7(8,9)10/h6H,2-3,5H2,1H3. The first-order valence-electron chi connectivity index (χ1n) is 3.57. The first kappa shape index (κ1) is 13.3. The summed E-state index contributed by atoms with van der Waals surface area (Å²) < 4.78 is 8.55. The van der Waals surface area contributed by atoms with Crippen LogP contribution in [0.2, 0.25) is 0 Å². The monoisotopic (exact) mass is 245 g/mol. The smallest absolute Gasteiger partial charge is 0.213 e. The number of hydrogen-bond donors (Lipinski definition) is 0. The van der Waals surface area contributed by atoms with Gasteiger partial charge >= 0.3 is 0 Å². The Labute approximate surface area is 92.5 Å². The Hall–Kier alpha value is 0.280. The molecule has 0 amide bonds. The van der Waals surface area contributed by atoms with E-state index >= 15 is 0 Å². The lowest BCUT2D eigenvalue weighted by atomic mass is 10.3. The van der Waals surface area contributed by atoms with Crippen molar-refractivity contribution in [3.63, 3.8) is 0 Å². The van der Waals surface area contributed by atoms with E-state index in [9.17, 15) is 0 Å². The molecule has 6 heteroatoms.